The van der Waals surface area contributed by atoms with E-state index in [1.807, 2.05) is 78.9 Å². The highest BCUT2D eigenvalue weighted by atomic mass is 32.1. The molecule has 0 radical (unpaired) electrons. The molecule has 4 aromatic rings. The van der Waals surface area contributed by atoms with Crippen molar-refractivity contribution in [3.05, 3.63) is 89.8 Å². The first-order valence-corrected chi connectivity index (χ1v) is 10.1. The van der Waals surface area contributed by atoms with Gasteiger partial charge in [-0.25, -0.2) is 4.79 Å². The number of hydrogen-bond donors (Lipinski definition) is 1. The van der Waals surface area contributed by atoms with Crippen molar-refractivity contribution < 1.29 is 14.3 Å². The Balaban J connectivity index is 1.47. The molecule has 0 spiro atoms. The van der Waals surface area contributed by atoms with Gasteiger partial charge in [0.25, 0.3) is 5.91 Å². The van der Waals surface area contributed by atoms with Crippen LogP contribution in [0.5, 0.6) is 0 Å². The van der Waals surface area contributed by atoms with Gasteiger partial charge in [-0.05, 0) is 36.1 Å². The zero-order chi connectivity index (χ0) is 20.2. The van der Waals surface area contributed by atoms with Gasteiger partial charge in [0.15, 0.2) is 6.10 Å². The topological polar surface area (TPSA) is 55.4 Å². The average Bonchev–Trinajstić information content (AvgIpc) is 3.19. The van der Waals surface area contributed by atoms with Crippen molar-refractivity contribution in [1.29, 1.82) is 0 Å². The molecule has 0 aliphatic carbocycles. The molecule has 29 heavy (non-hydrogen) atoms. The zero-order valence-corrected chi connectivity index (χ0v) is 16.6. The van der Waals surface area contributed by atoms with Crippen LogP contribution in [0.25, 0.3) is 21.2 Å². The van der Waals surface area contributed by atoms with Crippen LogP contribution in [0.4, 0.5) is 5.69 Å². The minimum atomic E-state index is -0.920. The minimum absolute atomic E-state index is 0.372. The maximum atomic E-state index is 12.6. The van der Waals surface area contributed by atoms with Gasteiger partial charge in [0.05, 0.1) is 0 Å². The maximum absolute atomic E-state index is 12.6. The molecule has 1 unspecified atom stereocenters. The lowest BCUT2D eigenvalue weighted by Gasteiger charge is -2.15. The summed E-state index contributed by atoms with van der Waals surface area (Å²) < 4.78 is 6.41. The highest BCUT2D eigenvalue weighted by Gasteiger charge is 2.21. The van der Waals surface area contributed by atoms with Crippen molar-refractivity contribution in [2.45, 2.75) is 13.0 Å². The third kappa shape index (κ3) is 4.20. The van der Waals surface area contributed by atoms with Crippen LogP contribution in [-0.2, 0) is 9.53 Å². The Kier molecular flexibility index (Phi) is 5.40. The first-order valence-electron chi connectivity index (χ1n) is 9.27. The van der Waals surface area contributed by atoms with E-state index in [-0.39, 0.29) is 5.91 Å². The molecule has 3 aromatic carbocycles. The SMILES string of the molecule is CC(OC(=O)c1cc2ccccc2s1)C(=O)Nc1ccccc1-c1ccccc1. The van der Waals surface area contributed by atoms with Crippen LogP contribution in [0.1, 0.15) is 16.6 Å². The molecule has 5 heteroatoms. The minimum Gasteiger partial charge on any atom is -0.448 e. The Bertz CT molecular complexity index is 1130. The third-order valence-electron chi connectivity index (χ3n) is 4.55. The van der Waals surface area contributed by atoms with Crippen molar-refractivity contribution in [2.24, 2.45) is 0 Å². The molecule has 4 rings (SSSR count). The summed E-state index contributed by atoms with van der Waals surface area (Å²) in [6, 6.07) is 26.9. The number of para-hydroxylation sites is 1. The Morgan fingerprint density at radius 1 is 0.897 bits per heavy atom. The molecular weight excluding hydrogens is 382 g/mol. The number of rotatable bonds is 5. The molecule has 1 aromatic heterocycles. The van der Waals surface area contributed by atoms with Gasteiger partial charge in [0, 0.05) is 16.0 Å². The number of nitrogens with one attached hydrogen (secondary N) is 1. The van der Waals surface area contributed by atoms with Crippen molar-refractivity contribution in [1.82, 2.24) is 0 Å². The van der Waals surface area contributed by atoms with E-state index < -0.39 is 12.1 Å². The molecule has 0 saturated heterocycles. The second-order valence-corrected chi connectivity index (χ2v) is 7.68. The number of carbonyl (C=O) groups is 2. The molecule has 0 bridgehead atoms. The summed E-state index contributed by atoms with van der Waals surface area (Å²) in [5.41, 5.74) is 2.58. The average molecular weight is 401 g/mol. The van der Waals surface area contributed by atoms with E-state index >= 15 is 0 Å². The van der Waals surface area contributed by atoms with Crippen molar-refractivity contribution >= 4 is 39.0 Å². The molecule has 0 aliphatic rings. The van der Waals surface area contributed by atoms with Crippen LogP contribution in [0.3, 0.4) is 0 Å². The number of anilines is 1. The summed E-state index contributed by atoms with van der Waals surface area (Å²) >= 11 is 1.36. The Morgan fingerprint density at radius 3 is 2.38 bits per heavy atom. The molecule has 0 saturated carbocycles. The number of thiophene rings is 1. The number of hydrogen-bond acceptors (Lipinski definition) is 4. The van der Waals surface area contributed by atoms with Gasteiger partial charge >= 0.3 is 5.97 Å². The van der Waals surface area contributed by atoms with Crippen molar-refractivity contribution in [3.63, 3.8) is 0 Å². The van der Waals surface area contributed by atoms with Crippen LogP contribution in [-0.4, -0.2) is 18.0 Å². The standard InChI is InChI=1S/C24H19NO3S/c1-16(28-24(27)22-15-18-11-5-8-14-21(18)29-22)23(26)25-20-13-7-6-12-19(20)17-9-3-2-4-10-17/h2-16H,1H3,(H,25,26). The molecule has 0 fully saturated rings. The molecule has 1 atom stereocenters. The van der Waals surface area contributed by atoms with Crippen LogP contribution in [0.15, 0.2) is 84.9 Å². The number of amides is 1. The predicted octanol–water partition coefficient (Wildman–Crippen LogP) is 5.75. The van der Waals surface area contributed by atoms with Gasteiger partial charge in [-0.2, -0.15) is 0 Å². The molecule has 0 aliphatic heterocycles. The number of ether oxygens (including phenoxy) is 1. The largest absolute Gasteiger partial charge is 0.448 e. The summed E-state index contributed by atoms with van der Waals surface area (Å²) in [6.07, 6.45) is -0.920. The first kappa shape index (κ1) is 18.9. The summed E-state index contributed by atoms with van der Waals surface area (Å²) in [7, 11) is 0. The zero-order valence-electron chi connectivity index (χ0n) is 15.8. The van der Waals surface area contributed by atoms with E-state index in [4.69, 9.17) is 4.74 Å². The van der Waals surface area contributed by atoms with E-state index in [1.165, 1.54) is 11.3 Å². The van der Waals surface area contributed by atoms with E-state index in [1.54, 1.807) is 13.0 Å². The quantitative estimate of drug-likeness (QED) is 0.433. The molecular formula is C24H19NO3S. The lowest BCUT2D eigenvalue weighted by atomic mass is 10.0. The van der Waals surface area contributed by atoms with Crippen LogP contribution in [0.2, 0.25) is 0 Å². The lowest BCUT2D eigenvalue weighted by molar-refractivity contribution is -0.123. The van der Waals surface area contributed by atoms with Crippen LogP contribution in [0, 0.1) is 0 Å². The first-order chi connectivity index (χ1) is 14.1. The van der Waals surface area contributed by atoms with Gasteiger partial charge in [-0.3, -0.25) is 4.79 Å². The monoisotopic (exact) mass is 401 g/mol. The highest BCUT2D eigenvalue weighted by molar-refractivity contribution is 7.20. The second-order valence-electron chi connectivity index (χ2n) is 6.60. The van der Waals surface area contributed by atoms with Crippen LogP contribution >= 0.6 is 11.3 Å². The summed E-state index contributed by atoms with van der Waals surface area (Å²) in [5, 5.41) is 3.86. The number of carbonyl (C=O) groups excluding carboxylic acids is 2. The molecule has 144 valence electrons. The van der Waals surface area contributed by atoms with Gasteiger partial charge < -0.3 is 10.1 Å². The smallest absolute Gasteiger partial charge is 0.349 e. The fourth-order valence-electron chi connectivity index (χ4n) is 3.05. The molecule has 1 amide bonds. The summed E-state index contributed by atoms with van der Waals surface area (Å²) in [6.45, 7) is 1.58. The Hall–Kier alpha value is -3.44. The molecule has 1 heterocycles. The second kappa shape index (κ2) is 8.29. The van der Waals surface area contributed by atoms with E-state index in [2.05, 4.69) is 5.32 Å². The van der Waals surface area contributed by atoms with Gasteiger partial charge in [-0.15, -0.1) is 11.3 Å². The number of benzene rings is 3. The molecule has 1 N–H and O–H groups in total. The normalized spacial score (nSPS) is 11.8. The Morgan fingerprint density at radius 2 is 1.59 bits per heavy atom. The van der Waals surface area contributed by atoms with Gasteiger partial charge in [0.1, 0.15) is 4.88 Å². The lowest BCUT2D eigenvalue weighted by Crippen LogP contribution is -2.30. The predicted molar refractivity (Wildman–Crippen MR) is 117 cm³/mol. The Labute approximate surface area is 172 Å². The maximum Gasteiger partial charge on any atom is 0.349 e. The van der Waals surface area contributed by atoms with E-state index in [0.717, 1.165) is 21.2 Å². The van der Waals surface area contributed by atoms with Crippen molar-refractivity contribution in [2.75, 3.05) is 5.32 Å². The van der Waals surface area contributed by atoms with Crippen LogP contribution < -0.4 is 5.32 Å². The molecule has 4 nitrogen and oxygen atoms in total. The summed E-state index contributed by atoms with van der Waals surface area (Å²) in [4.78, 5) is 25.6. The number of esters is 1. The number of fused-ring (bicyclic) bond motifs is 1. The van der Waals surface area contributed by atoms with E-state index in [9.17, 15) is 9.59 Å². The fraction of sp³-hybridized carbons (Fsp3) is 0.0833. The fourth-order valence-corrected chi connectivity index (χ4v) is 4.00. The highest BCUT2D eigenvalue weighted by Crippen LogP contribution is 2.28. The van der Waals surface area contributed by atoms with Crippen molar-refractivity contribution in [3.8, 4) is 11.1 Å². The van der Waals surface area contributed by atoms with E-state index in [0.29, 0.717) is 10.6 Å². The van der Waals surface area contributed by atoms with Gasteiger partial charge in [0.2, 0.25) is 0 Å². The summed E-state index contributed by atoms with van der Waals surface area (Å²) in [5.74, 6) is -0.868. The van der Waals surface area contributed by atoms with Gasteiger partial charge in [-0.1, -0.05) is 66.7 Å². The third-order valence-corrected chi connectivity index (χ3v) is 5.65.